The topological polar surface area (TPSA) is 82.3 Å². The molecule has 0 atom stereocenters. The Balaban J connectivity index is 2.58. The summed E-state index contributed by atoms with van der Waals surface area (Å²) in [6, 6.07) is 8.25. The number of hydrogen-bond acceptors (Lipinski definition) is 5. The van der Waals surface area contributed by atoms with Crippen molar-refractivity contribution in [1.82, 2.24) is 4.98 Å². The number of hydrogen-bond donors (Lipinski definition) is 1. The van der Waals surface area contributed by atoms with Gasteiger partial charge in [-0.1, -0.05) is 24.3 Å². The van der Waals surface area contributed by atoms with Gasteiger partial charge in [0.25, 0.3) is 0 Å². The van der Waals surface area contributed by atoms with Gasteiger partial charge in [0, 0.05) is 11.1 Å². The Kier molecular flexibility index (Phi) is 4.14. The zero-order valence-electron chi connectivity index (χ0n) is 10.6. The number of ether oxygens (including phenoxy) is 1. The van der Waals surface area contributed by atoms with E-state index in [0.717, 1.165) is 6.29 Å². The Morgan fingerprint density at radius 3 is 2.55 bits per heavy atom. The number of aromatic nitrogens is 1. The molecule has 2 rings (SSSR count). The van der Waals surface area contributed by atoms with Gasteiger partial charge in [-0.05, 0) is 22.0 Å². The number of esters is 1. The number of benzene rings is 1. The summed E-state index contributed by atoms with van der Waals surface area (Å²) >= 11 is 3.24. The molecule has 0 aliphatic carbocycles. The van der Waals surface area contributed by atoms with Crippen LogP contribution in [0.2, 0.25) is 0 Å². The predicted octanol–water partition coefficient (Wildman–Crippen LogP) is 2.69. The second-order valence-electron chi connectivity index (χ2n) is 3.99. The molecule has 0 radical (unpaired) electrons. The van der Waals surface area contributed by atoms with Gasteiger partial charge in [0.05, 0.1) is 24.1 Å². The lowest BCUT2D eigenvalue weighted by atomic mass is 10.1. The first-order chi connectivity index (χ1) is 9.56. The lowest BCUT2D eigenvalue weighted by Crippen LogP contribution is -2.08. The van der Waals surface area contributed by atoms with Gasteiger partial charge in [0.2, 0.25) is 0 Å². The maximum atomic E-state index is 11.7. The van der Waals surface area contributed by atoms with Crippen LogP contribution in [0.5, 0.6) is 0 Å². The second-order valence-corrected chi connectivity index (χ2v) is 4.80. The van der Waals surface area contributed by atoms with Crippen LogP contribution in [0, 0.1) is 0 Å². The number of halogens is 1. The van der Waals surface area contributed by atoms with Gasteiger partial charge in [-0.3, -0.25) is 4.79 Å². The molecular formula is C14H11BrN2O3. The van der Waals surface area contributed by atoms with Crippen molar-refractivity contribution in [2.75, 3.05) is 12.8 Å². The molecule has 1 aromatic carbocycles. The van der Waals surface area contributed by atoms with Crippen molar-refractivity contribution in [3.05, 3.63) is 46.1 Å². The van der Waals surface area contributed by atoms with Crippen LogP contribution in [0.1, 0.15) is 20.7 Å². The Labute approximate surface area is 123 Å². The molecule has 5 nitrogen and oxygen atoms in total. The minimum absolute atomic E-state index is 0.235. The zero-order chi connectivity index (χ0) is 14.7. The van der Waals surface area contributed by atoms with E-state index in [9.17, 15) is 9.59 Å². The average Bonchev–Trinajstić information content (AvgIpc) is 2.48. The number of pyridine rings is 1. The largest absolute Gasteiger partial charge is 0.465 e. The number of carbonyl (C=O) groups excluding carboxylic acids is 2. The number of aldehydes is 1. The van der Waals surface area contributed by atoms with Gasteiger partial charge in [-0.15, -0.1) is 0 Å². The van der Waals surface area contributed by atoms with Crippen LogP contribution in [-0.4, -0.2) is 24.3 Å². The van der Waals surface area contributed by atoms with Crippen molar-refractivity contribution in [1.29, 1.82) is 0 Å². The van der Waals surface area contributed by atoms with Crippen LogP contribution in [-0.2, 0) is 4.74 Å². The number of anilines is 1. The summed E-state index contributed by atoms with van der Waals surface area (Å²) in [5.41, 5.74) is 8.17. The molecule has 2 aromatic rings. The van der Waals surface area contributed by atoms with Crippen LogP contribution in [0.25, 0.3) is 11.3 Å². The van der Waals surface area contributed by atoms with Gasteiger partial charge in [0.15, 0.2) is 0 Å². The minimum atomic E-state index is -0.531. The normalized spacial score (nSPS) is 10.1. The highest BCUT2D eigenvalue weighted by atomic mass is 79.9. The monoisotopic (exact) mass is 334 g/mol. The van der Waals surface area contributed by atoms with Crippen molar-refractivity contribution in [2.24, 2.45) is 0 Å². The third-order valence-corrected chi connectivity index (χ3v) is 3.16. The molecule has 0 saturated heterocycles. The van der Waals surface area contributed by atoms with Gasteiger partial charge < -0.3 is 10.5 Å². The van der Waals surface area contributed by atoms with E-state index in [1.807, 2.05) is 0 Å². The van der Waals surface area contributed by atoms with Gasteiger partial charge in [-0.25, -0.2) is 9.78 Å². The maximum absolute atomic E-state index is 11.7. The molecular weight excluding hydrogens is 324 g/mol. The number of nitrogens with two attached hydrogens (primary N) is 1. The Morgan fingerprint density at radius 2 is 2.00 bits per heavy atom. The van der Waals surface area contributed by atoms with Gasteiger partial charge in [-0.2, -0.15) is 0 Å². The Bertz CT molecular complexity index is 669. The Morgan fingerprint density at radius 1 is 1.35 bits per heavy atom. The highest BCUT2D eigenvalue weighted by molar-refractivity contribution is 9.10. The van der Waals surface area contributed by atoms with E-state index >= 15 is 0 Å². The van der Waals surface area contributed by atoms with E-state index in [1.165, 1.54) is 13.2 Å². The highest BCUT2D eigenvalue weighted by Gasteiger charge is 2.17. The van der Waals surface area contributed by atoms with Crippen molar-refractivity contribution in [2.45, 2.75) is 0 Å². The third kappa shape index (κ3) is 2.70. The van der Waals surface area contributed by atoms with Crippen LogP contribution >= 0.6 is 15.9 Å². The van der Waals surface area contributed by atoms with E-state index < -0.39 is 5.97 Å². The molecule has 6 heteroatoms. The zero-order valence-corrected chi connectivity index (χ0v) is 12.2. The lowest BCUT2D eigenvalue weighted by Gasteiger charge is -2.10. The summed E-state index contributed by atoms with van der Waals surface area (Å²) < 4.78 is 5.16. The number of rotatable bonds is 3. The first-order valence-electron chi connectivity index (χ1n) is 5.66. The SMILES string of the molecule is COC(=O)c1cc(Br)nc(-c2ccc(C=O)cc2)c1N. The molecule has 0 aliphatic heterocycles. The molecule has 20 heavy (non-hydrogen) atoms. The molecule has 0 saturated carbocycles. The molecule has 0 aliphatic rings. The first-order valence-corrected chi connectivity index (χ1v) is 6.46. The lowest BCUT2D eigenvalue weighted by molar-refractivity contribution is 0.0601. The van der Waals surface area contributed by atoms with Crippen LogP contribution < -0.4 is 5.73 Å². The highest BCUT2D eigenvalue weighted by Crippen LogP contribution is 2.29. The number of nitrogens with zero attached hydrogens (tertiary/aromatic N) is 1. The fourth-order valence-electron chi connectivity index (χ4n) is 1.74. The van der Waals surface area contributed by atoms with Gasteiger partial charge >= 0.3 is 5.97 Å². The fraction of sp³-hybridized carbons (Fsp3) is 0.0714. The summed E-state index contributed by atoms with van der Waals surface area (Å²) in [7, 11) is 1.29. The third-order valence-electron chi connectivity index (χ3n) is 2.75. The van der Waals surface area contributed by atoms with Crippen molar-refractivity contribution in [3.8, 4) is 11.3 Å². The summed E-state index contributed by atoms with van der Waals surface area (Å²) in [5.74, 6) is -0.531. The number of carbonyl (C=O) groups is 2. The minimum Gasteiger partial charge on any atom is -0.465 e. The average molecular weight is 335 g/mol. The van der Waals surface area contributed by atoms with E-state index in [4.69, 9.17) is 5.73 Å². The van der Waals surface area contributed by atoms with Crippen molar-refractivity contribution < 1.29 is 14.3 Å². The molecule has 0 unspecified atom stereocenters. The number of methoxy groups -OCH3 is 1. The van der Waals surface area contributed by atoms with E-state index in [-0.39, 0.29) is 11.3 Å². The molecule has 0 bridgehead atoms. The molecule has 0 spiro atoms. The maximum Gasteiger partial charge on any atom is 0.340 e. The molecule has 1 aromatic heterocycles. The summed E-state index contributed by atoms with van der Waals surface area (Å²) in [4.78, 5) is 26.6. The van der Waals surface area contributed by atoms with E-state index in [2.05, 4.69) is 25.7 Å². The summed E-state index contributed by atoms with van der Waals surface area (Å²) in [6.45, 7) is 0. The van der Waals surface area contributed by atoms with E-state index in [1.54, 1.807) is 24.3 Å². The molecule has 2 N–H and O–H groups in total. The van der Waals surface area contributed by atoms with E-state index in [0.29, 0.717) is 21.4 Å². The molecule has 102 valence electrons. The smallest absolute Gasteiger partial charge is 0.340 e. The van der Waals surface area contributed by atoms with Crippen molar-refractivity contribution in [3.63, 3.8) is 0 Å². The quantitative estimate of drug-likeness (QED) is 0.530. The van der Waals surface area contributed by atoms with Crippen molar-refractivity contribution >= 4 is 33.9 Å². The van der Waals surface area contributed by atoms with Crippen LogP contribution in [0.4, 0.5) is 5.69 Å². The summed E-state index contributed by atoms with van der Waals surface area (Å²) in [6.07, 6.45) is 0.751. The van der Waals surface area contributed by atoms with Crippen LogP contribution in [0.3, 0.4) is 0 Å². The molecule has 0 amide bonds. The van der Waals surface area contributed by atoms with Gasteiger partial charge in [0.1, 0.15) is 10.9 Å². The molecule has 1 heterocycles. The standard InChI is InChI=1S/C14H11BrN2O3/c1-20-14(19)10-6-11(15)17-13(12(10)16)9-4-2-8(7-18)3-5-9/h2-7H,16H2,1H3. The fourth-order valence-corrected chi connectivity index (χ4v) is 2.15. The second kappa shape index (κ2) is 5.83. The van der Waals surface area contributed by atoms with Crippen LogP contribution in [0.15, 0.2) is 34.9 Å². The Hall–Kier alpha value is -2.21. The molecule has 0 fully saturated rings. The predicted molar refractivity (Wildman–Crippen MR) is 78.5 cm³/mol. The number of nitrogen functional groups attached to an aromatic ring is 1. The first kappa shape index (κ1) is 14.2. The summed E-state index contributed by atoms with van der Waals surface area (Å²) in [5, 5.41) is 0.